The number of methoxy groups -OCH3 is 1. The van der Waals surface area contributed by atoms with E-state index in [9.17, 15) is 4.79 Å². The standard InChI is InChI=1S/C14H19ClN2O2/c1-10-9-17(6-5-16-10)14(18)8-11-7-12(15)3-4-13(11)19-2/h3-4,7,10,16H,5-6,8-9H2,1-2H3. The number of benzene rings is 1. The number of rotatable bonds is 3. The lowest BCUT2D eigenvalue weighted by molar-refractivity contribution is -0.131. The van der Waals surface area contributed by atoms with Crippen LogP contribution in [0.25, 0.3) is 0 Å². The van der Waals surface area contributed by atoms with Crippen LogP contribution in [0.15, 0.2) is 18.2 Å². The maximum atomic E-state index is 12.3. The Kier molecular flexibility index (Phi) is 4.66. The van der Waals surface area contributed by atoms with Crippen molar-refractivity contribution in [2.45, 2.75) is 19.4 Å². The zero-order valence-corrected chi connectivity index (χ0v) is 12.0. The Labute approximate surface area is 118 Å². The van der Waals surface area contributed by atoms with Gasteiger partial charge in [0.1, 0.15) is 5.75 Å². The molecule has 0 spiro atoms. The highest BCUT2D eigenvalue weighted by Crippen LogP contribution is 2.23. The molecule has 0 bridgehead atoms. The summed E-state index contributed by atoms with van der Waals surface area (Å²) in [5.41, 5.74) is 0.839. The first-order valence-corrected chi connectivity index (χ1v) is 6.81. The van der Waals surface area contributed by atoms with Crippen LogP contribution in [-0.2, 0) is 11.2 Å². The molecule has 2 rings (SSSR count). The van der Waals surface area contributed by atoms with Gasteiger partial charge in [-0.3, -0.25) is 4.79 Å². The molecule has 0 radical (unpaired) electrons. The molecule has 1 aromatic carbocycles. The van der Waals surface area contributed by atoms with Crippen LogP contribution in [0.2, 0.25) is 5.02 Å². The Morgan fingerprint density at radius 1 is 1.58 bits per heavy atom. The molecule has 1 aromatic rings. The van der Waals surface area contributed by atoms with Crippen LogP contribution in [0.1, 0.15) is 12.5 Å². The second kappa shape index (κ2) is 6.26. The number of nitrogens with zero attached hydrogens (tertiary/aromatic N) is 1. The molecule has 1 amide bonds. The number of halogens is 1. The highest BCUT2D eigenvalue weighted by Gasteiger charge is 2.21. The van der Waals surface area contributed by atoms with Crippen LogP contribution >= 0.6 is 11.6 Å². The SMILES string of the molecule is COc1ccc(Cl)cc1CC(=O)N1CCNC(C)C1. The molecular weight excluding hydrogens is 264 g/mol. The molecule has 1 N–H and O–H groups in total. The van der Waals surface area contributed by atoms with E-state index < -0.39 is 0 Å². The van der Waals surface area contributed by atoms with E-state index in [0.717, 1.165) is 25.2 Å². The lowest BCUT2D eigenvalue weighted by atomic mass is 10.1. The third-order valence-corrected chi connectivity index (χ3v) is 3.54. The van der Waals surface area contributed by atoms with Gasteiger partial charge in [-0.15, -0.1) is 0 Å². The highest BCUT2D eigenvalue weighted by atomic mass is 35.5. The molecule has 1 aliphatic rings. The summed E-state index contributed by atoms with van der Waals surface area (Å²) < 4.78 is 5.27. The summed E-state index contributed by atoms with van der Waals surface area (Å²) in [6, 6.07) is 5.70. The van der Waals surface area contributed by atoms with Crippen LogP contribution in [-0.4, -0.2) is 43.6 Å². The molecule has 0 aromatic heterocycles. The number of nitrogens with one attached hydrogen (secondary N) is 1. The summed E-state index contributed by atoms with van der Waals surface area (Å²) in [5.74, 6) is 0.829. The van der Waals surface area contributed by atoms with Crippen molar-refractivity contribution in [2.24, 2.45) is 0 Å². The minimum Gasteiger partial charge on any atom is -0.496 e. The van der Waals surface area contributed by atoms with Crippen LogP contribution < -0.4 is 10.1 Å². The normalized spacial score (nSPS) is 19.3. The van der Waals surface area contributed by atoms with Crippen molar-refractivity contribution in [3.8, 4) is 5.75 Å². The van der Waals surface area contributed by atoms with E-state index in [2.05, 4.69) is 12.2 Å². The van der Waals surface area contributed by atoms with Gasteiger partial charge >= 0.3 is 0 Å². The van der Waals surface area contributed by atoms with E-state index in [0.29, 0.717) is 23.2 Å². The minimum atomic E-state index is 0.119. The van der Waals surface area contributed by atoms with E-state index in [-0.39, 0.29) is 5.91 Å². The van der Waals surface area contributed by atoms with Gasteiger partial charge in [-0.05, 0) is 25.1 Å². The highest BCUT2D eigenvalue weighted by molar-refractivity contribution is 6.30. The number of carbonyl (C=O) groups is 1. The third-order valence-electron chi connectivity index (χ3n) is 3.31. The fourth-order valence-electron chi connectivity index (χ4n) is 2.32. The molecule has 0 aliphatic carbocycles. The molecule has 1 saturated heterocycles. The van der Waals surface area contributed by atoms with Gasteiger partial charge in [-0.1, -0.05) is 11.6 Å². The van der Waals surface area contributed by atoms with E-state index in [1.54, 1.807) is 25.3 Å². The van der Waals surface area contributed by atoms with Crippen LogP contribution in [0.5, 0.6) is 5.75 Å². The number of hydrogen-bond acceptors (Lipinski definition) is 3. The van der Waals surface area contributed by atoms with Gasteiger partial charge in [-0.25, -0.2) is 0 Å². The number of hydrogen-bond donors (Lipinski definition) is 1. The Hall–Kier alpha value is -1.26. The first-order chi connectivity index (χ1) is 9.10. The molecule has 0 saturated carbocycles. The van der Waals surface area contributed by atoms with E-state index in [1.807, 2.05) is 4.90 Å². The third kappa shape index (κ3) is 3.61. The first kappa shape index (κ1) is 14.2. The molecule has 1 unspecified atom stereocenters. The number of amides is 1. The molecule has 1 heterocycles. The van der Waals surface area contributed by atoms with E-state index in [4.69, 9.17) is 16.3 Å². The van der Waals surface area contributed by atoms with Crippen LogP contribution in [0, 0.1) is 0 Å². The van der Waals surface area contributed by atoms with Gasteiger partial charge < -0.3 is 15.0 Å². The quantitative estimate of drug-likeness (QED) is 0.918. The fraction of sp³-hybridized carbons (Fsp3) is 0.500. The Balaban J connectivity index is 2.07. The maximum Gasteiger partial charge on any atom is 0.227 e. The van der Waals surface area contributed by atoms with Gasteiger partial charge in [0, 0.05) is 36.3 Å². The molecule has 1 fully saturated rings. The molecule has 1 atom stereocenters. The van der Waals surface area contributed by atoms with Gasteiger partial charge in [0.2, 0.25) is 5.91 Å². The molecule has 5 heteroatoms. The summed E-state index contributed by atoms with van der Waals surface area (Å²) in [5, 5.41) is 3.95. The first-order valence-electron chi connectivity index (χ1n) is 6.43. The monoisotopic (exact) mass is 282 g/mol. The largest absolute Gasteiger partial charge is 0.496 e. The van der Waals surface area contributed by atoms with E-state index in [1.165, 1.54) is 0 Å². The smallest absolute Gasteiger partial charge is 0.227 e. The summed E-state index contributed by atoms with van der Waals surface area (Å²) in [6.45, 7) is 4.44. The van der Waals surface area contributed by atoms with Crippen molar-refractivity contribution >= 4 is 17.5 Å². The number of carbonyl (C=O) groups excluding carboxylic acids is 1. The summed E-state index contributed by atoms with van der Waals surface area (Å²) >= 11 is 5.98. The van der Waals surface area contributed by atoms with Crippen molar-refractivity contribution in [2.75, 3.05) is 26.7 Å². The van der Waals surface area contributed by atoms with Gasteiger partial charge in [-0.2, -0.15) is 0 Å². The molecule has 104 valence electrons. The van der Waals surface area contributed by atoms with Crippen molar-refractivity contribution in [1.29, 1.82) is 0 Å². The van der Waals surface area contributed by atoms with Gasteiger partial charge in [0.05, 0.1) is 13.5 Å². The minimum absolute atomic E-state index is 0.119. The summed E-state index contributed by atoms with van der Waals surface area (Å²) in [7, 11) is 1.60. The zero-order chi connectivity index (χ0) is 13.8. The molecular formula is C14H19ClN2O2. The lowest BCUT2D eigenvalue weighted by Gasteiger charge is -2.32. The second-order valence-corrected chi connectivity index (χ2v) is 5.26. The maximum absolute atomic E-state index is 12.3. The molecule has 4 nitrogen and oxygen atoms in total. The van der Waals surface area contributed by atoms with Crippen LogP contribution in [0.4, 0.5) is 0 Å². The van der Waals surface area contributed by atoms with Crippen molar-refractivity contribution in [3.63, 3.8) is 0 Å². The van der Waals surface area contributed by atoms with Crippen LogP contribution in [0.3, 0.4) is 0 Å². The lowest BCUT2D eigenvalue weighted by Crippen LogP contribution is -2.51. The molecule has 1 aliphatic heterocycles. The Morgan fingerprint density at radius 3 is 3.05 bits per heavy atom. The Bertz CT molecular complexity index is 465. The van der Waals surface area contributed by atoms with Crippen molar-refractivity contribution < 1.29 is 9.53 Å². The average molecular weight is 283 g/mol. The fourth-order valence-corrected chi connectivity index (χ4v) is 2.51. The summed E-state index contributed by atoms with van der Waals surface area (Å²) in [4.78, 5) is 14.2. The number of piperazine rings is 1. The Morgan fingerprint density at radius 2 is 2.37 bits per heavy atom. The van der Waals surface area contributed by atoms with Gasteiger partial charge in [0.15, 0.2) is 0 Å². The van der Waals surface area contributed by atoms with E-state index >= 15 is 0 Å². The number of ether oxygens (including phenoxy) is 1. The van der Waals surface area contributed by atoms with Crippen molar-refractivity contribution in [3.05, 3.63) is 28.8 Å². The van der Waals surface area contributed by atoms with Gasteiger partial charge in [0.25, 0.3) is 0 Å². The second-order valence-electron chi connectivity index (χ2n) is 4.83. The predicted molar refractivity (Wildman–Crippen MR) is 75.8 cm³/mol. The topological polar surface area (TPSA) is 41.6 Å². The molecule has 19 heavy (non-hydrogen) atoms. The predicted octanol–water partition coefficient (Wildman–Crippen LogP) is 1.71. The zero-order valence-electron chi connectivity index (χ0n) is 11.3. The summed E-state index contributed by atoms with van der Waals surface area (Å²) in [6.07, 6.45) is 0.330. The average Bonchev–Trinajstić information content (AvgIpc) is 2.39. The van der Waals surface area contributed by atoms with Crippen molar-refractivity contribution in [1.82, 2.24) is 10.2 Å².